The van der Waals surface area contributed by atoms with Crippen molar-refractivity contribution in [1.29, 1.82) is 0 Å². The minimum atomic E-state index is -0.468. The molecule has 1 fully saturated rings. The highest BCUT2D eigenvalue weighted by molar-refractivity contribution is 7.08. The van der Waals surface area contributed by atoms with Gasteiger partial charge in [0.05, 0.1) is 11.6 Å². The molecular formula is C12H18ClN3O2S. The predicted molar refractivity (Wildman–Crippen MR) is 77.7 cm³/mol. The molecule has 1 aromatic heterocycles. The molecule has 0 saturated carbocycles. The van der Waals surface area contributed by atoms with Gasteiger partial charge in [0.1, 0.15) is 0 Å². The first-order valence-electron chi connectivity index (χ1n) is 5.95. The van der Waals surface area contributed by atoms with Crippen molar-refractivity contribution in [2.45, 2.75) is 13.0 Å². The van der Waals surface area contributed by atoms with Crippen LogP contribution in [-0.4, -0.2) is 53.8 Å². The van der Waals surface area contributed by atoms with Gasteiger partial charge in [-0.25, -0.2) is 0 Å². The molecule has 2 amide bonds. The van der Waals surface area contributed by atoms with Crippen molar-refractivity contribution in [3.05, 3.63) is 22.4 Å². The van der Waals surface area contributed by atoms with E-state index in [0.29, 0.717) is 26.2 Å². The van der Waals surface area contributed by atoms with Gasteiger partial charge in [-0.1, -0.05) is 0 Å². The summed E-state index contributed by atoms with van der Waals surface area (Å²) in [5.74, 6) is 0.00165. The molecule has 1 aliphatic rings. The first-order valence-corrected chi connectivity index (χ1v) is 6.89. The lowest BCUT2D eigenvalue weighted by atomic mass is 10.2. The van der Waals surface area contributed by atoms with Crippen molar-refractivity contribution in [3.63, 3.8) is 0 Å². The summed E-state index contributed by atoms with van der Waals surface area (Å²) in [7, 11) is 0. The maximum Gasteiger partial charge on any atom is 0.254 e. The summed E-state index contributed by atoms with van der Waals surface area (Å²) in [5, 5.41) is 3.74. The topological polar surface area (TPSA) is 66.6 Å². The van der Waals surface area contributed by atoms with Crippen molar-refractivity contribution in [2.75, 3.05) is 26.2 Å². The molecule has 2 N–H and O–H groups in total. The lowest BCUT2D eigenvalue weighted by molar-refractivity contribution is -0.133. The molecule has 0 bridgehead atoms. The van der Waals surface area contributed by atoms with Crippen LogP contribution >= 0.6 is 23.7 Å². The van der Waals surface area contributed by atoms with Gasteiger partial charge in [0.25, 0.3) is 5.91 Å². The molecule has 1 aliphatic heterocycles. The van der Waals surface area contributed by atoms with E-state index in [0.717, 1.165) is 5.56 Å². The quantitative estimate of drug-likeness (QED) is 0.879. The van der Waals surface area contributed by atoms with Crippen molar-refractivity contribution >= 4 is 35.6 Å². The Balaban J connectivity index is 0.00000180. The maximum atomic E-state index is 12.1. The number of amides is 2. The van der Waals surface area contributed by atoms with Crippen LogP contribution in [0.1, 0.15) is 17.3 Å². The normalized spacial score (nSPS) is 16.7. The number of nitrogens with zero attached hydrogens (tertiary/aromatic N) is 2. The summed E-state index contributed by atoms with van der Waals surface area (Å²) in [6.45, 7) is 3.97. The van der Waals surface area contributed by atoms with Crippen LogP contribution in [0.25, 0.3) is 0 Å². The van der Waals surface area contributed by atoms with Gasteiger partial charge in [0.2, 0.25) is 5.91 Å². The zero-order valence-corrected chi connectivity index (χ0v) is 12.4. The zero-order valence-electron chi connectivity index (χ0n) is 10.7. The number of thiophene rings is 1. The van der Waals surface area contributed by atoms with Crippen LogP contribution in [0.5, 0.6) is 0 Å². The molecule has 1 atom stereocenters. The van der Waals surface area contributed by atoms with Crippen LogP contribution in [0.2, 0.25) is 0 Å². The molecule has 0 spiro atoms. The molecule has 0 aliphatic carbocycles. The number of piperazine rings is 1. The molecule has 0 radical (unpaired) electrons. The SMILES string of the molecule is C[C@@H](N)C(=O)N1CCN(C(=O)c2ccsc2)CC1.Cl. The highest BCUT2D eigenvalue weighted by Gasteiger charge is 2.26. The van der Waals surface area contributed by atoms with Gasteiger partial charge >= 0.3 is 0 Å². The van der Waals surface area contributed by atoms with Gasteiger partial charge in [-0.2, -0.15) is 11.3 Å². The van der Waals surface area contributed by atoms with E-state index in [1.165, 1.54) is 11.3 Å². The van der Waals surface area contributed by atoms with Crippen LogP contribution in [-0.2, 0) is 4.79 Å². The minimum absolute atomic E-state index is 0. The number of carbonyl (C=O) groups is 2. The Hall–Kier alpha value is -1.11. The van der Waals surface area contributed by atoms with E-state index in [1.54, 1.807) is 16.7 Å². The summed E-state index contributed by atoms with van der Waals surface area (Å²) in [6.07, 6.45) is 0. The maximum absolute atomic E-state index is 12.1. The Kier molecular flexibility index (Phi) is 5.78. The molecular weight excluding hydrogens is 286 g/mol. The van der Waals surface area contributed by atoms with Crippen molar-refractivity contribution in [1.82, 2.24) is 9.80 Å². The van der Waals surface area contributed by atoms with E-state index in [4.69, 9.17) is 5.73 Å². The monoisotopic (exact) mass is 303 g/mol. The molecule has 0 unspecified atom stereocenters. The largest absolute Gasteiger partial charge is 0.338 e. The first kappa shape index (κ1) is 15.9. The Labute approximate surface area is 122 Å². The molecule has 1 saturated heterocycles. The highest BCUT2D eigenvalue weighted by atomic mass is 35.5. The fourth-order valence-electron chi connectivity index (χ4n) is 1.99. The number of carbonyl (C=O) groups excluding carboxylic acids is 2. The summed E-state index contributed by atoms with van der Waals surface area (Å²) in [6, 6.07) is 1.36. The van der Waals surface area contributed by atoms with Crippen LogP contribution in [0.15, 0.2) is 16.8 Å². The first-order chi connectivity index (χ1) is 8.59. The second kappa shape index (κ2) is 6.88. The Bertz CT molecular complexity index is 428. The van der Waals surface area contributed by atoms with Crippen molar-refractivity contribution < 1.29 is 9.59 Å². The van der Waals surface area contributed by atoms with Crippen LogP contribution < -0.4 is 5.73 Å². The number of halogens is 1. The average molecular weight is 304 g/mol. The van der Waals surface area contributed by atoms with Crippen molar-refractivity contribution in [2.24, 2.45) is 5.73 Å². The Morgan fingerprint density at radius 3 is 2.32 bits per heavy atom. The summed E-state index contributed by atoms with van der Waals surface area (Å²) in [4.78, 5) is 27.3. The molecule has 2 rings (SSSR count). The van der Waals surface area contributed by atoms with E-state index in [1.807, 2.05) is 16.8 Å². The van der Waals surface area contributed by atoms with Crippen LogP contribution in [0.3, 0.4) is 0 Å². The second-order valence-corrected chi connectivity index (χ2v) is 5.20. The standard InChI is InChI=1S/C12H17N3O2S.ClH/c1-9(13)11(16)14-3-5-15(6-4-14)12(17)10-2-7-18-8-10;/h2,7-9H,3-6,13H2,1H3;1H/t9-;/m1./s1. The third kappa shape index (κ3) is 3.68. The van der Waals surface area contributed by atoms with E-state index < -0.39 is 6.04 Å². The lowest BCUT2D eigenvalue weighted by Gasteiger charge is -2.35. The van der Waals surface area contributed by atoms with Gasteiger partial charge in [-0.15, -0.1) is 12.4 Å². The number of hydrogen-bond acceptors (Lipinski definition) is 4. The fourth-order valence-corrected chi connectivity index (χ4v) is 2.62. The second-order valence-electron chi connectivity index (χ2n) is 4.42. The third-order valence-electron chi connectivity index (χ3n) is 3.04. The van der Waals surface area contributed by atoms with Gasteiger partial charge in [0, 0.05) is 31.6 Å². The van der Waals surface area contributed by atoms with E-state index >= 15 is 0 Å². The molecule has 19 heavy (non-hydrogen) atoms. The average Bonchev–Trinajstić information content (AvgIpc) is 2.91. The Morgan fingerprint density at radius 1 is 1.26 bits per heavy atom. The van der Waals surface area contributed by atoms with Crippen molar-refractivity contribution in [3.8, 4) is 0 Å². The van der Waals surface area contributed by atoms with Gasteiger partial charge in [0.15, 0.2) is 0 Å². The van der Waals surface area contributed by atoms with E-state index in [-0.39, 0.29) is 24.2 Å². The summed E-state index contributed by atoms with van der Waals surface area (Å²) >= 11 is 1.51. The zero-order chi connectivity index (χ0) is 13.1. The van der Waals surface area contributed by atoms with E-state index in [9.17, 15) is 9.59 Å². The lowest BCUT2D eigenvalue weighted by Crippen LogP contribution is -2.53. The fraction of sp³-hybridized carbons (Fsp3) is 0.500. The molecule has 0 aromatic carbocycles. The summed E-state index contributed by atoms with van der Waals surface area (Å²) < 4.78 is 0. The number of hydrogen-bond donors (Lipinski definition) is 1. The van der Waals surface area contributed by atoms with Crippen LogP contribution in [0.4, 0.5) is 0 Å². The number of nitrogens with two attached hydrogens (primary N) is 1. The van der Waals surface area contributed by atoms with E-state index in [2.05, 4.69) is 0 Å². The molecule has 1 aromatic rings. The number of rotatable bonds is 2. The smallest absolute Gasteiger partial charge is 0.254 e. The van der Waals surface area contributed by atoms with Gasteiger partial charge < -0.3 is 15.5 Å². The predicted octanol–water partition coefficient (Wildman–Crippen LogP) is 0.802. The van der Waals surface area contributed by atoms with Crippen LogP contribution in [0, 0.1) is 0 Å². The van der Waals surface area contributed by atoms with Gasteiger partial charge in [-0.05, 0) is 18.4 Å². The molecule has 7 heteroatoms. The molecule has 5 nitrogen and oxygen atoms in total. The third-order valence-corrected chi connectivity index (χ3v) is 3.72. The Morgan fingerprint density at radius 2 is 1.84 bits per heavy atom. The molecule has 2 heterocycles. The molecule has 106 valence electrons. The highest BCUT2D eigenvalue weighted by Crippen LogP contribution is 2.12. The summed E-state index contributed by atoms with van der Waals surface area (Å²) in [5.41, 5.74) is 6.30. The van der Waals surface area contributed by atoms with Gasteiger partial charge in [-0.3, -0.25) is 9.59 Å². The minimum Gasteiger partial charge on any atom is -0.338 e.